The Bertz CT molecular complexity index is 643. The van der Waals surface area contributed by atoms with Gasteiger partial charge < -0.3 is 10.5 Å². The Labute approximate surface area is 125 Å². The standard InChI is InChI=1S/C14H12BrClN2O/c1-8-2-5-12(11(15)6-8)19-13-7-9(16)3-4-10(13)14(17)18/h2-7H,1H3,(H3,17,18). The normalized spacial score (nSPS) is 10.3. The first-order valence-electron chi connectivity index (χ1n) is 5.55. The van der Waals surface area contributed by atoms with Crippen LogP contribution in [-0.4, -0.2) is 5.84 Å². The summed E-state index contributed by atoms with van der Waals surface area (Å²) in [5.74, 6) is 1.05. The van der Waals surface area contributed by atoms with Crippen LogP contribution in [-0.2, 0) is 0 Å². The summed E-state index contributed by atoms with van der Waals surface area (Å²) in [6.07, 6.45) is 0. The average molecular weight is 340 g/mol. The summed E-state index contributed by atoms with van der Waals surface area (Å²) in [7, 11) is 0. The Kier molecular flexibility index (Phi) is 4.12. The van der Waals surface area contributed by atoms with Crippen molar-refractivity contribution in [3.8, 4) is 11.5 Å². The molecule has 0 aliphatic carbocycles. The van der Waals surface area contributed by atoms with E-state index in [1.807, 2.05) is 25.1 Å². The second-order valence-corrected chi connectivity index (χ2v) is 5.38. The molecule has 0 aliphatic heterocycles. The van der Waals surface area contributed by atoms with Crippen molar-refractivity contribution in [1.82, 2.24) is 0 Å². The van der Waals surface area contributed by atoms with E-state index in [9.17, 15) is 0 Å². The molecule has 19 heavy (non-hydrogen) atoms. The highest BCUT2D eigenvalue weighted by Crippen LogP contribution is 2.33. The summed E-state index contributed by atoms with van der Waals surface area (Å²) in [4.78, 5) is 0. The number of nitrogens with one attached hydrogen (secondary N) is 1. The van der Waals surface area contributed by atoms with Gasteiger partial charge in [-0.25, -0.2) is 0 Å². The van der Waals surface area contributed by atoms with Crippen LogP contribution in [0.25, 0.3) is 0 Å². The zero-order chi connectivity index (χ0) is 14.0. The van der Waals surface area contributed by atoms with Crippen LogP contribution < -0.4 is 10.5 Å². The van der Waals surface area contributed by atoms with Gasteiger partial charge in [-0.1, -0.05) is 17.7 Å². The van der Waals surface area contributed by atoms with Gasteiger partial charge in [-0.3, -0.25) is 5.41 Å². The Morgan fingerprint density at radius 3 is 2.58 bits per heavy atom. The molecule has 2 aromatic carbocycles. The number of nitrogen functional groups attached to an aromatic ring is 1. The second kappa shape index (κ2) is 5.63. The number of rotatable bonds is 3. The van der Waals surface area contributed by atoms with Crippen molar-refractivity contribution in [2.75, 3.05) is 0 Å². The molecule has 0 amide bonds. The maximum atomic E-state index is 7.54. The highest BCUT2D eigenvalue weighted by atomic mass is 79.9. The lowest BCUT2D eigenvalue weighted by Gasteiger charge is -2.12. The summed E-state index contributed by atoms with van der Waals surface area (Å²) in [6, 6.07) is 10.7. The molecule has 0 heterocycles. The van der Waals surface area contributed by atoms with E-state index in [-0.39, 0.29) is 5.84 Å². The van der Waals surface area contributed by atoms with Crippen LogP contribution >= 0.6 is 27.5 Å². The first kappa shape index (κ1) is 13.9. The van der Waals surface area contributed by atoms with Gasteiger partial charge in [0.05, 0.1) is 10.0 Å². The van der Waals surface area contributed by atoms with Crippen molar-refractivity contribution in [3.05, 3.63) is 57.0 Å². The SMILES string of the molecule is Cc1ccc(Oc2cc(Cl)ccc2C(=N)N)c(Br)c1. The molecule has 0 unspecified atom stereocenters. The first-order valence-corrected chi connectivity index (χ1v) is 6.72. The van der Waals surface area contributed by atoms with E-state index in [2.05, 4.69) is 15.9 Å². The third-order valence-corrected chi connectivity index (χ3v) is 3.40. The Morgan fingerprint density at radius 1 is 1.21 bits per heavy atom. The van der Waals surface area contributed by atoms with Crippen LogP contribution in [0.4, 0.5) is 0 Å². The molecule has 0 radical (unpaired) electrons. The molecule has 0 saturated heterocycles. The van der Waals surface area contributed by atoms with Gasteiger partial charge in [-0.15, -0.1) is 0 Å². The van der Waals surface area contributed by atoms with E-state index in [1.165, 1.54) is 0 Å². The van der Waals surface area contributed by atoms with Gasteiger partial charge in [0, 0.05) is 11.1 Å². The molecule has 2 aromatic rings. The summed E-state index contributed by atoms with van der Waals surface area (Å²) in [6.45, 7) is 1.99. The Hall–Kier alpha value is -1.52. The maximum Gasteiger partial charge on any atom is 0.141 e. The number of ether oxygens (including phenoxy) is 1. The number of hydrogen-bond donors (Lipinski definition) is 2. The van der Waals surface area contributed by atoms with Crippen molar-refractivity contribution in [3.63, 3.8) is 0 Å². The zero-order valence-electron chi connectivity index (χ0n) is 10.2. The van der Waals surface area contributed by atoms with Crippen LogP contribution in [0.3, 0.4) is 0 Å². The predicted molar refractivity (Wildman–Crippen MR) is 81.4 cm³/mol. The van der Waals surface area contributed by atoms with E-state index in [0.717, 1.165) is 10.0 Å². The van der Waals surface area contributed by atoms with E-state index < -0.39 is 0 Å². The van der Waals surface area contributed by atoms with Crippen molar-refractivity contribution in [2.45, 2.75) is 6.92 Å². The smallest absolute Gasteiger partial charge is 0.141 e. The van der Waals surface area contributed by atoms with Crippen molar-refractivity contribution in [2.24, 2.45) is 5.73 Å². The number of nitrogens with two attached hydrogens (primary N) is 1. The fourth-order valence-electron chi connectivity index (χ4n) is 1.61. The Morgan fingerprint density at radius 2 is 1.95 bits per heavy atom. The molecule has 0 aliphatic rings. The lowest BCUT2D eigenvalue weighted by atomic mass is 10.2. The molecule has 0 spiro atoms. The van der Waals surface area contributed by atoms with Crippen molar-refractivity contribution in [1.29, 1.82) is 5.41 Å². The third kappa shape index (κ3) is 3.28. The van der Waals surface area contributed by atoms with Crippen LogP contribution in [0.2, 0.25) is 5.02 Å². The summed E-state index contributed by atoms with van der Waals surface area (Å²) >= 11 is 9.39. The third-order valence-electron chi connectivity index (χ3n) is 2.54. The molecule has 2 rings (SSSR count). The van der Waals surface area contributed by atoms with Gasteiger partial charge in [0.1, 0.15) is 17.3 Å². The minimum atomic E-state index is -0.0603. The molecular formula is C14H12BrClN2O. The van der Waals surface area contributed by atoms with Gasteiger partial charge in [-0.2, -0.15) is 0 Å². The first-order chi connectivity index (χ1) is 8.97. The van der Waals surface area contributed by atoms with Crippen LogP contribution in [0.15, 0.2) is 40.9 Å². The fraction of sp³-hybridized carbons (Fsp3) is 0.0714. The van der Waals surface area contributed by atoms with Gasteiger partial charge >= 0.3 is 0 Å². The summed E-state index contributed by atoms with van der Waals surface area (Å²) < 4.78 is 6.62. The largest absolute Gasteiger partial charge is 0.455 e. The minimum Gasteiger partial charge on any atom is -0.455 e. The minimum absolute atomic E-state index is 0.0603. The number of benzene rings is 2. The summed E-state index contributed by atoms with van der Waals surface area (Å²) in [5, 5.41) is 8.07. The topological polar surface area (TPSA) is 59.1 Å². The van der Waals surface area contributed by atoms with Crippen molar-refractivity contribution >= 4 is 33.4 Å². The molecule has 0 saturated carbocycles. The fourth-order valence-corrected chi connectivity index (χ4v) is 2.35. The zero-order valence-corrected chi connectivity index (χ0v) is 12.5. The molecule has 0 aromatic heterocycles. The monoisotopic (exact) mass is 338 g/mol. The quantitative estimate of drug-likeness (QED) is 0.639. The summed E-state index contributed by atoms with van der Waals surface area (Å²) in [5.41, 5.74) is 7.16. The maximum absolute atomic E-state index is 7.54. The molecule has 98 valence electrons. The van der Waals surface area contributed by atoms with E-state index in [4.69, 9.17) is 27.5 Å². The van der Waals surface area contributed by atoms with E-state index in [0.29, 0.717) is 22.1 Å². The Balaban J connectivity index is 2.42. The molecule has 3 N–H and O–H groups in total. The van der Waals surface area contributed by atoms with Gasteiger partial charge in [0.15, 0.2) is 0 Å². The number of halogens is 2. The highest BCUT2D eigenvalue weighted by Gasteiger charge is 2.10. The molecule has 0 bridgehead atoms. The van der Waals surface area contributed by atoms with E-state index in [1.54, 1.807) is 18.2 Å². The lowest BCUT2D eigenvalue weighted by molar-refractivity contribution is 0.478. The number of aryl methyl sites for hydroxylation is 1. The molecular weight excluding hydrogens is 328 g/mol. The van der Waals surface area contributed by atoms with Crippen molar-refractivity contribution < 1.29 is 4.74 Å². The van der Waals surface area contributed by atoms with Gasteiger partial charge in [-0.05, 0) is 52.7 Å². The second-order valence-electron chi connectivity index (χ2n) is 4.09. The van der Waals surface area contributed by atoms with Crippen LogP contribution in [0.5, 0.6) is 11.5 Å². The highest BCUT2D eigenvalue weighted by molar-refractivity contribution is 9.10. The molecule has 0 atom stereocenters. The van der Waals surface area contributed by atoms with Gasteiger partial charge in [0.25, 0.3) is 0 Å². The van der Waals surface area contributed by atoms with Crippen LogP contribution in [0, 0.1) is 12.3 Å². The average Bonchev–Trinajstić information content (AvgIpc) is 2.32. The van der Waals surface area contributed by atoms with E-state index >= 15 is 0 Å². The lowest BCUT2D eigenvalue weighted by Crippen LogP contribution is -2.12. The van der Waals surface area contributed by atoms with Crippen LogP contribution in [0.1, 0.15) is 11.1 Å². The molecule has 5 heteroatoms. The van der Waals surface area contributed by atoms with Gasteiger partial charge in [0.2, 0.25) is 0 Å². The number of amidine groups is 1. The predicted octanol–water partition coefficient (Wildman–Crippen LogP) is 4.49. The molecule has 3 nitrogen and oxygen atoms in total. The molecule has 0 fully saturated rings. The number of hydrogen-bond acceptors (Lipinski definition) is 2.